The van der Waals surface area contributed by atoms with Gasteiger partial charge in [-0.25, -0.2) is 0 Å². The smallest absolute Gasteiger partial charge is 0.241 e. The Morgan fingerprint density at radius 3 is 2.00 bits per heavy atom. The van der Waals surface area contributed by atoms with Gasteiger partial charge in [-0.2, -0.15) is 0 Å². The van der Waals surface area contributed by atoms with Gasteiger partial charge < -0.3 is 5.32 Å². The van der Waals surface area contributed by atoms with Crippen LogP contribution < -0.4 is 10.6 Å². The van der Waals surface area contributed by atoms with E-state index in [2.05, 4.69) is 36.6 Å². The number of hydrogen-bond acceptors (Lipinski definition) is 3. The van der Waals surface area contributed by atoms with E-state index in [4.69, 9.17) is 0 Å². The molecule has 0 aliphatic heterocycles. The lowest BCUT2D eigenvalue weighted by Crippen LogP contribution is -2.46. The highest BCUT2D eigenvalue weighted by molar-refractivity contribution is 6.06. The summed E-state index contributed by atoms with van der Waals surface area (Å²) in [6.07, 6.45) is 1.49. The fourth-order valence-corrected chi connectivity index (χ4v) is 3.96. The molecule has 2 amide bonds. The summed E-state index contributed by atoms with van der Waals surface area (Å²) in [5, 5.41) is 5.97. The molecule has 136 valence electrons. The average Bonchev–Trinajstić information content (AvgIpc) is 2.90. The molecule has 0 atom stereocenters. The monoisotopic (exact) mass is 350 g/mol. The van der Waals surface area contributed by atoms with Crippen LogP contribution in [-0.2, 0) is 15.0 Å². The van der Waals surface area contributed by atoms with Gasteiger partial charge in [0.05, 0.1) is 0 Å². The van der Waals surface area contributed by atoms with Crippen LogP contribution in [0.1, 0.15) is 44.7 Å². The lowest BCUT2D eigenvalue weighted by atomic mass is 9.73. The quantitative estimate of drug-likeness (QED) is 0.785. The molecule has 0 radical (unpaired) electrons. The van der Waals surface area contributed by atoms with E-state index in [-0.39, 0.29) is 11.8 Å². The van der Waals surface area contributed by atoms with Crippen LogP contribution in [0.5, 0.6) is 0 Å². The maximum Gasteiger partial charge on any atom is 0.241 e. The van der Waals surface area contributed by atoms with Gasteiger partial charge in [-0.1, -0.05) is 62.4 Å². The molecule has 0 heterocycles. The van der Waals surface area contributed by atoms with Gasteiger partial charge in [-0.3, -0.25) is 14.9 Å². The maximum atomic E-state index is 13.3. The van der Waals surface area contributed by atoms with Crippen molar-refractivity contribution in [3.63, 3.8) is 0 Å². The molecule has 0 unspecified atom stereocenters. The Morgan fingerprint density at radius 1 is 0.962 bits per heavy atom. The molecule has 4 heteroatoms. The number of benzene rings is 2. The molecule has 0 aromatic heterocycles. The van der Waals surface area contributed by atoms with Gasteiger partial charge in [0.15, 0.2) is 0 Å². The highest BCUT2D eigenvalue weighted by atomic mass is 16.2. The van der Waals surface area contributed by atoms with E-state index in [1.807, 2.05) is 36.4 Å². The van der Waals surface area contributed by atoms with Crippen LogP contribution in [0.25, 0.3) is 11.1 Å². The van der Waals surface area contributed by atoms with E-state index < -0.39 is 5.41 Å². The summed E-state index contributed by atoms with van der Waals surface area (Å²) in [6, 6.07) is 16.5. The zero-order chi connectivity index (χ0) is 18.7. The van der Waals surface area contributed by atoms with Crippen LogP contribution in [0.2, 0.25) is 0 Å². The SMILES string of the molecule is CC(=O)NC(=O)C1(CCCNC(C)C)c2ccccc2-c2ccccc21. The second-order valence-corrected chi connectivity index (χ2v) is 7.22. The molecule has 1 aliphatic carbocycles. The summed E-state index contributed by atoms with van der Waals surface area (Å²) in [6.45, 7) is 6.44. The van der Waals surface area contributed by atoms with Crippen LogP contribution in [0.3, 0.4) is 0 Å². The molecular formula is C22H26N2O2. The van der Waals surface area contributed by atoms with Crippen LogP contribution >= 0.6 is 0 Å². The molecule has 0 bridgehead atoms. The van der Waals surface area contributed by atoms with Gasteiger partial charge in [0.25, 0.3) is 0 Å². The number of nitrogens with one attached hydrogen (secondary N) is 2. The third-order valence-electron chi connectivity index (χ3n) is 5.02. The minimum atomic E-state index is -0.822. The Kier molecular flexibility index (Phi) is 5.23. The fraction of sp³-hybridized carbons (Fsp3) is 0.364. The molecule has 26 heavy (non-hydrogen) atoms. The molecule has 0 fully saturated rings. The molecule has 0 saturated carbocycles. The number of hydrogen-bond donors (Lipinski definition) is 2. The van der Waals surface area contributed by atoms with Crippen molar-refractivity contribution in [2.24, 2.45) is 0 Å². The van der Waals surface area contributed by atoms with Crippen molar-refractivity contribution in [1.82, 2.24) is 10.6 Å². The lowest BCUT2D eigenvalue weighted by molar-refractivity contribution is -0.132. The Bertz CT molecular complexity index is 781. The van der Waals surface area contributed by atoms with Crippen LogP contribution in [-0.4, -0.2) is 24.4 Å². The summed E-state index contributed by atoms with van der Waals surface area (Å²) in [5.41, 5.74) is 3.32. The minimum absolute atomic E-state index is 0.230. The Labute approximate surface area is 155 Å². The average molecular weight is 350 g/mol. The van der Waals surface area contributed by atoms with E-state index in [0.29, 0.717) is 12.5 Å². The molecule has 0 spiro atoms. The number of carbonyl (C=O) groups excluding carboxylic acids is 2. The van der Waals surface area contributed by atoms with E-state index in [0.717, 1.165) is 35.2 Å². The topological polar surface area (TPSA) is 58.2 Å². The van der Waals surface area contributed by atoms with Crippen molar-refractivity contribution >= 4 is 11.8 Å². The zero-order valence-corrected chi connectivity index (χ0v) is 15.6. The van der Waals surface area contributed by atoms with Gasteiger partial charge in [0.1, 0.15) is 5.41 Å². The lowest BCUT2D eigenvalue weighted by Gasteiger charge is -2.30. The van der Waals surface area contributed by atoms with E-state index >= 15 is 0 Å². The fourth-order valence-electron chi connectivity index (χ4n) is 3.96. The molecule has 1 aliphatic rings. The van der Waals surface area contributed by atoms with Gasteiger partial charge in [-0.05, 0) is 41.6 Å². The van der Waals surface area contributed by atoms with Crippen LogP contribution in [0.4, 0.5) is 0 Å². The predicted molar refractivity (Wildman–Crippen MR) is 104 cm³/mol. The zero-order valence-electron chi connectivity index (χ0n) is 15.6. The van der Waals surface area contributed by atoms with Gasteiger partial charge >= 0.3 is 0 Å². The Balaban J connectivity index is 2.07. The first kappa shape index (κ1) is 18.3. The van der Waals surface area contributed by atoms with Gasteiger partial charge in [0, 0.05) is 13.0 Å². The van der Waals surface area contributed by atoms with Crippen molar-refractivity contribution in [2.75, 3.05) is 6.54 Å². The third-order valence-corrected chi connectivity index (χ3v) is 5.02. The van der Waals surface area contributed by atoms with Crippen molar-refractivity contribution in [3.05, 3.63) is 59.7 Å². The van der Waals surface area contributed by atoms with Crippen molar-refractivity contribution in [2.45, 2.75) is 45.1 Å². The molecule has 4 nitrogen and oxygen atoms in total. The summed E-state index contributed by atoms with van der Waals surface area (Å²) < 4.78 is 0. The Hall–Kier alpha value is -2.46. The van der Waals surface area contributed by atoms with Crippen molar-refractivity contribution < 1.29 is 9.59 Å². The molecular weight excluding hydrogens is 324 g/mol. The highest BCUT2D eigenvalue weighted by Crippen LogP contribution is 2.51. The maximum absolute atomic E-state index is 13.3. The van der Waals surface area contributed by atoms with Crippen molar-refractivity contribution in [3.8, 4) is 11.1 Å². The normalized spacial score (nSPS) is 14.0. The number of carbonyl (C=O) groups is 2. The van der Waals surface area contributed by atoms with E-state index in [9.17, 15) is 9.59 Å². The largest absolute Gasteiger partial charge is 0.315 e. The summed E-state index contributed by atoms with van der Waals surface area (Å²) >= 11 is 0. The standard InChI is InChI=1S/C22H26N2O2/c1-15(2)23-14-8-13-22(21(26)24-16(3)25)19-11-6-4-9-17(19)18-10-5-7-12-20(18)22/h4-7,9-12,15,23H,8,13-14H2,1-3H3,(H,24,25,26). The number of imide groups is 1. The summed E-state index contributed by atoms with van der Waals surface area (Å²) in [7, 11) is 0. The van der Waals surface area contributed by atoms with Crippen LogP contribution in [0, 0.1) is 0 Å². The molecule has 3 rings (SSSR count). The first-order valence-electron chi connectivity index (χ1n) is 9.21. The first-order chi connectivity index (χ1) is 12.5. The van der Waals surface area contributed by atoms with Gasteiger partial charge in [0.2, 0.25) is 11.8 Å². The second kappa shape index (κ2) is 7.42. The number of fused-ring (bicyclic) bond motifs is 3. The van der Waals surface area contributed by atoms with E-state index in [1.54, 1.807) is 0 Å². The predicted octanol–water partition coefficient (Wildman–Crippen LogP) is 3.39. The third kappa shape index (κ3) is 3.17. The van der Waals surface area contributed by atoms with Crippen molar-refractivity contribution in [1.29, 1.82) is 0 Å². The highest BCUT2D eigenvalue weighted by Gasteiger charge is 2.48. The second-order valence-electron chi connectivity index (χ2n) is 7.22. The number of amides is 2. The first-order valence-corrected chi connectivity index (χ1v) is 9.21. The molecule has 2 aromatic rings. The molecule has 2 aromatic carbocycles. The van der Waals surface area contributed by atoms with Gasteiger partial charge in [-0.15, -0.1) is 0 Å². The molecule has 2 N–H and O–H groups in total. The number of rotatable bonds is 6. The summed E-state index contributed by atoms with van der Waals surface area (Å²) in [4.78, 5) is 24.9. The minimum Gasteiger partial charge on any atom is -0.315 e. The van der Waals surface area contributed by atoms with Crippen LogP contribution in [0.15, 0.2) is 48.5 Å². The Morgan fingerprint density at radius 2 is 1.50 bits per heavy atom. The molecule has 0 saturated heterocycles. The summed E-state index contributed by atoms with van der Waals surface area (Å²) in [5.74, 6) is -0.552. The van der Waals surface area contributed by atoms with E-state index in [1.165, 1.54) is 6.92 Å².